The predicted molar refractivity (Wildman–Crippen MR) is 215 cm³/mol. The van der Waals surface area contributed by atoms with Crippen molar-refractivity contribution in [3.63, 3.8) is 0 Å². The van der Waals surface area contributed by atoms with Crippen molar-refractivity contribution in [2.24, 2.45) is 20.5 Å². The molecule has 2 N–H and O–H groups in total. The number of aliphatic hydroxyl groups excluding tert-OH is 2. The third-order valence-electron chi connectivity index (χ3n) is 9.10. The van der Waals surface area contributed by atoms with E-state index in [0.717, 1.165) is 44.3 Å². The van der Waals surface area contributed by atoms with E-state index >= 15 is 0 Å². The first-order valence-corrected chi connectivity index (χ1v) is 19.5. The summed E-state index contributed by atoms with van der Waals surface area (Å²) in [5, 5.41) is 53.1. The fourth-order valence-electron chi connectivity index (χ4n) is 6.68. The highest BCUT2D eigenvalue weighted by Gasteiger charge is 2.32. The summed E-state index contributed by atoms with van der Waals surface area (Å²) < 4.78 is 40.4. The Hall–Kier alpha value is -4.62. The highest BCUT2D eigenvalue weighted by molar-refractivity contribution is 7.44. The second-order valence-corrected chi connectivity index (χ2v) is 15.0. The second-order valence-electron chi connectivity index (χ2n) is 13.6. The minimum absolute atomic E-state index is 0.0318. The number of nitrogens with zero attached hydrogens (tertiary/aromatic N) is 8. The van der Waals surface area contributed by atoms with E-state index in [2.05, 4.69) is 58.7 Å². The number of nitro groups is 1. The van der Waals surface area contributed by atoms with E-state index in [1.165, 1.54) is 50.0 Å². The summed E-state index contributed by atoms with van der Waals surface area (Å²) in [6.45, 7) is 9.91. The summed E-state index contributed by atoms with van der Waals surface area (Å²) in [5.74, 6) is 0.897. The Balaban J connectivity index is 0.00000366. The van der Waals surface area contributed by atoms with Crippen molar-refractivity contribution in [3.8, 4) is 17.6 Å². The molecule has 302 valence electrons. The Morgan fingerprint density at radius 2 is 1.77 bits per heavy atom. The zero-order valence-electron chi connectivity index (χ0n) is 34.9. The van der Waals surface area contributed by atoms with Crippen LogP contribution in [-0.2, 0) is 28.5 Å². The van der Waals surface area contributed by atoms with Gasteiger partial charge >= 0.3 is 0 Å². The number of nitriles is 1. The van der Waals surface area contributed by atoms with Crippen LogP contribution in [0.5, 0.6) is 11.5 Å². The molecule has 2 atom stereocenters. The number of rotatable bonds is 20. The quantitative estimate of drug-likeness (QED) is 0.0363. The molecule has 0 saturated carbocycles. The topological polar surface area (TPSA) is 200 Å². The molecule has 3 aromatic carbocycles. The summed E-state index contributed by atoms with van der Waals surface area (Å²) in [5.41, 5.74) is 5.31. The molecule has 0 spiro atoms. The van der Waals surface area contributed by atoms with Crippen LogP contribution in [0.3, 0.4) is 0 Å². The first kappa shape index (κ1) is 41.0. The number of methoxy groups -OCH3 is 1. The van der Waals surface area contributed by atoms with E-state index in [-0.39, 0.29) is 50.6 Å². The van der Waals surface area contributed by atoms with Crippen LogP contribution in [0.15, 0.2) is 62.9 Å². The minimum atomic E-state index is -1.62. The molecule has 0 saturated heterocycles. The van der Waals surface area contributed by atoms with Crippen molar-refractivity contribution >= 4 is 42.7 Å². The molecule has 0 aliphatic carbocycles. The van der Waals surface area contributed by atoms with Gasteiger partial charge in [0.25, 0.3) is 14.2 Å². The lowest BCUT2D eigenvalue weighted by Gasteiger charge is -2.38. The number of nitro benzene ring substituents is 1. The number of aryl methyl sites for hydroxylation is 1. The van der Waals surface area contributed by atoms with E-state index in [0.29, 0.717) is 39.8 Å². The fourth-order valence-corrected chi connectivity index (χ4v) is 8.36. The first-order chi connectivity index (χ1) is 28.1. The van der Waals surface area contributed by atoms with Crippen LogP contribution in [0, 0.1) is 21.4 Å². The molecule has 3 aromatic rings. The largest absolute Gasteiger partial charge is 0.494 e. The van der Waals surface area contributed by atoms with Crippen LogP contribution < -0.4 is 14.4 Å². The molecule has 0 aromatic heterocycles. The van der Waals surface area contributed by atoms with Gasteiger partial charge in [-0.05, 0) is 83.2 Å². The zero-order valence-corrected chi connectivity index (χ0v) is 33.8. The maximum absolute atomic E-state index is 11.0. The molecule has 5 rings (SSSR count). The molecule has 2 aliphatic rings. The zero-order chi connectivity index (χ0) is 42.2. The van der Waals surface area contributed by atoms with E-state index in [1.54, 1.807) is 12.1 Å². The third kappa shape index (κ3) is 10.8. The van der Waals surface area contributed by atoms with Gasteiger partial charge in [0.05, 0.1) is 55.7 Å². The number of aliphatic hydroxyl groups is 2. The first-order valence-electron chi connectivity index (χ1n) is 19.8. The van der Waals surface area contributed by atoms with E-state index in [4.69, 9.17) is 36.8 Å². The molecule has 2 heterocycles. The number of azo groups is 2. The number of hydrogen-bond acceptors (Lipinski definition) is 15. The predicted octanol–water partition coefficient (Wildman–Crippen LogP) is 9.29. The second kappa shape index (κ2) is 21.1. The van der Waals surface area contributed by atoms with Crippen LogP contribution >= 0.6 is 8.53 Å². The Morgan fingerprint density at radius 1 is 1.07 bits per heavy atom. The van der Waals surface area contributed by atoms with Gasteiger partial charge in [-0.1, -0.05) is 7.40 Å². The lowest BCUT2D eigenvalue weighted by atomic mass is 9.90. The van der Waals surface area contributed by atoms with Crippen molar-refractivity contribution in [1.29, 1.82) is 6.69 Å². The maximum atomic E-state index is 11.0. The Labute approximate surface area is 332 Å². The summed E-state index contributed by atoms with van der Waals surface area (Å²) in [4.78, 5) is 12.9. The van der Waals surface area contributed by atoms with Crippen LogP contribution in [0.1, 0.15) is 72.4 Å². The highest BCUT2D eigenvalue weighted by atomic mass is 31.2. The van der Waals surface area contributed by atoms with E-state index in [1.807, 2.05) is 6.07 Å². The SMILES string of the molecule is [2H]OCC(COc1c(N=Nc2cc(CO)c(N=Nc3ccc([N+](=O)[O-])cc3)cc2OC)cc2c3c1CCCN3CCC2)OP(OCCC#N)N(C(C)C)C(C)C.[3H]C. The van der Waals surface area contributed by atoms with Gasteiger partial charge < -0.3 is 33.6 Å². The Bertz CT molecular complexity index is 1910. The molecule has 0 bridgehead atoms. The van der Waals surface area contributed by atoms with Crippen LogP contribution in [0.2, 0.25) is 0 Å². The number of hydrogen-bond donors (Lipinski definition) is 2. The molecule has 17 heteroatoms. The van der Waals surface area contributed by atoms with Crippen molar-refractivity contribution in [2.45, 2.75) is 92.0 Å². The van der Waals surface area contributed by atoms with Gasteiger partial charge in [-0.2, -0.15) is 15.5 Å². The highest BCUT2D eigenvalue weighted by Crippen LogP contribution is 2.49. The third-order valence-corrected chi connectivity index (χ3v) is 11.3. The Kier molecular flexibility index (Phi) is 15.4. The maximum Gasteiger partial charge on any atom is 0.269 e. The van der Waals surface area contributed by atoms with Gasteiger partial charge in [-0.3, -0.25) is 10.1 Å². The minimum Gasteiger partial charge on any atom is -0.494 e. The smallest absolute Gasteiger partial charge is 0.269 e. The molecule has 56 heavy (non-hydrogen) atoms. The number of benzene rings is 3. The molecule has 0 amide bonds. The van der Waals surface area contributed by atoms with Crippen molar-refractivity contribution in [1.82, 2.24) is 4.67 Å². The monoisotopic (exact) mass is 795 g/mol. The lowest BCUT2D eigenvalue weighted by Crippen LogP contribution is -2.36. The van der Waals surface area contributed by atoms with Crippen molar-refractivity contribution < 1.29 is 35.0 Å². The number of ether oxygens (including phenoxy) is 2. The lowest BCUT2D eigenvalue weighted by molar-refractivity contribution is -0.384. The molecule has 2 aliphatic heterocycles. The molecule has 0 radical (unpaired) electrons. The molecular weight excluding hydrogens is 739 g/mol. The molecule has 2 unspecified atom stereocenters. The molecule has 0 fully saturated rings. The van der Waals surface area contributed by atoms with E-state index in [9.17, 15) is 15.2 Å². The van der Waals surface area contributed by atoms with Crippen LogP contribution in [0.4, 0.5) is 34.1 Å². The van der Waals surface area contributed by atoms with Crippen molar-refractivity contribution in [2.75, 3.05) is 44.9 Å². The average molecular weight is 796 g/mol. The number of non-ortho nitro benzene ring substituents is 1. The van der Waals surface area contributed by atoms with Crippen LogP contribution in [-0.4, -0.2) is 79.4 Å². The van der Waals surface area contributed by atoms with Crippen LogP contribution in [0.25, 0.3) is 0 Å². The summed E-state index contributed by atoms with van der Waals surface area (Å²) >= 11 is 0. The summed E-state index contributed by atoms with van der Waals surface area (Å²) in [6, 6.07) is 13.1. The fraction of sp³-hybridized carbons (Fsp3) is 0.513. The molecular formula is C39H53N8O8P. The number of anilines is 1. The normalized spacial score (nSPS) is 15.3. The van der Waals surface area contributed by atoms with Gasteiger partial charge in [-0.25, -0.2) is 4.67 Å². The molecule has 16 nitrogen and oxygen atoms in total. The Morgan fingerprint density at radius 3 is 2.41 bits per heavy atom. The van der Waals surface area contributed by atoms with E-state index < -0.39 is 19.6 Å². The van der Waals surface area contributed by atoms with Gasteiger partial charge in [0.1, 0.15) is 29.8 Å². The van der Waals surface area contributed by atoms with Gasteiger partial charge in [0.2, 0.25) is 1.43 Å². The average Bonchev–Trinajstić information content (AvgIpc) is 3.22. The van der Waals surface area contributed by atoms with Crippen molar-refractivity contribution in [3.05, 3.63) is 69.3 Å². The van der Waals surface area contributed by atoms with Gasteiger partial charge in [-0.15, -0.1) is 10.2 Å². The van der Waals surface area contributed by atoms with Gasteiger partial charge in [0.15, 0.2) is 5.75 Å². The summed E-state index contributed by atoms with van der Waals surface area (Å²) in [7, 11) is 1.12. The standard InChI is InChI=1S/C38H49N8O8P.CH4/c1-25(2)45(26(3)4)55(53-18-8-15-39)54-31(23-48)24-52-38-32-10-7-17-44-16-6-9-27(37(32)44)19-35(38)43-42-34-20-28(22-47)33(21-36(34)51-5)41-40-29-11-13-30(14-12-29)46(49)50;/h11-14,19-21,25-26,31,47-48H,6-10,16-18,22-24H2,1-5H3;1H4/i48D;1T. The van der Waals surface area contributed by atoms with Gasteiger partial charge in [0, 0.05) is 61.6 Å². The summed E-state index contributed by atoms with van der Waals surface area (Å²) in [6.07, 6.45) is 3.15.